The molecule has 1 heterocycles. The minimum absolute atomic E-state index is 0.242. The van der Waals surface area contributed by atoms with Crippen molar-refractivity contribution in [1.82, 2.24) is 4.90 Å². The van der Waals surface area contributed by atoms with Crippen molar-refractivity contribution in [3.8, 4) is 34.1 Å². The normalized spacial score (nSPS) is 13.8. The van der Waals surface area contributed by atoms with E-state index in [-0.39, 0.29) is 12.1 Å². The molecule has 0 N–H and O–H groups in total. The topological polar surface area (TPSA) is 69.7 Å². The molecule has 0 atom stereocenters. The molecule has 1 aliphatic heterocycles. The Balaban J connectivity index is 1.59. The van der Waals surface area contributed by atoms with Gasteiger partial charge in [0.25, 0.3) is 0 Å². The summed E-state index contributed by atoms with van der Waals surface area (Å²) in [5.74, 6) is 2.69. The van der Waals surface area contributed by atoms with E-state index in [0.717, 1.165) is 54.9 Å². The number of ether oxygens (including phenoxy) is 5. The number of piperidine rings is 1. The Labute approximate surface area is 262 Å². The van der Waals surface area contributed by atoms with Crippen molar-refractivity contribution in [2.45, 2.75) is 71.6 Å². The van der Waals surface area contributed by atoms with Crippen LogP contribution in [-0.4, -0.2) is 63.7 Å². The minimum Gasteiger partial charge on any atom is -0.494 e. The van der Waals surface area contributed by atoms with Gasteiger partial charge in [0.2, 0.25) is 5.75 Å². The third-order valence-electron chi connectivity index (χ3n) is 7.77. The van der Waals surface area contributed by atoms with E-state index >= 15 is 0 Å². The SMILES string of the molecule is CCCCOc1ccc(N(Cc2cccc(-c3cc(OC)c(OC)c(OC)c3)c2)C2CCN(C(=O)OC(C)(C)C)CC2)cc1. The molecular weight excluding hydrogens is 556 g/mol. The molecule has 8 heteroatoms. The Kier molecular flexibility index (Phi) is 11.3. The monoisotopic (exact) mass is 604 g/mol. The average Bonchev–Trinajstić information content (AvgIpc) is 3.03. The van der Waals surface area contributed by atoms with Crippen molar-refractivity contribution in [2.75, 3.05) is 45.9 Å². The third-order valence-corrected chi connectivity index (χ3v) is 7.77. The van der Waals surface area contributed by atoms with Crippen LogP contribution in [0.3, 0.4) is 0 Å². The number of hydrogen-bond donors (Lipinski definition) is 0. The molecule has 0 spiro atoms. The standard InChI is InChI=1S/C36H48N2O6/c1-8-9-21-43-31-15-13-29(14-16-31)38(30-17-19-37(20-18-30)35(39)44-36(2,3)4)25-26-11-10-12-27(22-26)28-23-32(40-5)34(42-7)33(24-28)41-6/h10-16,22-24,30H,8-9,17-21,25H2,1-7H3. The molecule has 44 heavy (non-hydrogen) atoms. The lowest BCUT2D eigenvalue weighted by atomic mass is 9.99. The Morgan fingerprint density at radius 2 is 1.55 bits per heavy atom. The summed E-state index contributed by atoms with van der Waals surface area (Å²) in [5, 5.41) is 0. The highest BCUT2D eigenvalue weighted by molar-refractivity contribution is 5.72. The zero-order valence-electron chi connectivity index (χ0n) is 27.4. The first-order valence-corrected chi connectivity index (χ1v) is 15.5. The molecule has 8 nitrogen and oxygen atoms in total. The summed E-state index contributed by atoms with van der Waals surface area (Å²) in [6, 6.07) is 21.2. The zero-order valence-corrected chi connectivity index (χ0v) is 27.4. The lowest BCUT2D eigenvalue weighted by Crippen LogP contribution is -2.48. The predicted octanol–water partition coefficient (Wildman–Crippen LogP) is 7.96. The first-order chi connectivity index (χ1) is 21.1. The molecule has 0 saturated carbocycles. The van der Waals surface area contributed by atoms with Crippen LogP contribution < -0.4 is 23.8 Å². The predicted molar refractivity (Wildman–Crippen MR) is 175 cm³/mol. The van der Waals surface area contributed by atoms with Gasteiger partial charge in [-0.25, -0.2) is 4.79 Å². The molecule has 3 aromatic rings. The lowest BCUT2D eigenvalue weighted by Gasteiger charge is -2.40. The fourth-order valence-corrected chi connectivity index (χ4v) is 5.48. The number of likely N-dealkylation sites (tertiary alicyclic amines) is 1. The molecule has 1 fully saturated rings. The summed E-state index contributed by atoms with van der Waals surface area (Å²) in [4.78, 5) is 17.0. The maximum atomic E-state index is 12.8. The van der Waals surface area contributed by atoms with E-state index in [1.54, 1.807) is 21.3 Å². The van der Waals surface area contributed by atoms with Gasteiger partial charge in [-0.05, 0) is 99.2 Å². The highest BCUT2D eigenvalue weighted by atomic mass is 16.6. The smallest absolute Gasteiger partial charge is 0.410 e. The van der Waals surface area contributed by atoms with Gasteiger partial charge in [0.1, 0.15) is 11.4 Å². The number of carbonyl (C=O) groups excluding carboxylic acids is 1. The number of amides is 1. The van der Waals surface area contributed by atoms with E-state index < -0.39 is 5.60 Å². The van der Waals surface area contributed by atoms with Crippen LogP contribution in [0.4, 0.5) is 10.5 Å². The van der Waals surface area contributed by atoms with Crippen LogP contribution in [0.2, 0.25) is 0 Å². The van der Waals surface area contributed by atoms with E-state index in [1.165, 1.54) is 5.56 Å². The average molecular weight is 605 g/mol. The Morgan fingerprint density at radius 3 is 2.11 bits per heavy atom. The van der Waals surface area contributed by atoms with Crippen LogP contribution >= 0.6 is 0 Å². The van der Waals surface area contributed by atoms with Crippen molar-refractivity contribution in [3.63, 3.8) is 0 Å². The van der Waals surface area contributed by atoms with Crippen LogP contribution in [0.15, 0.2) is 60.7 Å². The number of benzene rings is 3. The van der Waals surface area contributed by atoms with Crippen molar-refractivity contribution in [2.24, 2.45) is 0 Å². The van der Waals surface area contributed by atoms with Gasteiger partial charge in [-0.1, -0.05) is 31.5 Å². The first-order valence-electron chi connectivity index (χ1n) is 15.5. The van der Waals surface area contributed by atoms with Gasteiger partial charge in [-0.3, -0.25) is 0 Å². The maximum Gasteiger partial charge on any atom is 0.410 e. The highest BCUT2D eigenvalue weighted by Crippen LogP contribution is 2.41. The molecule has 238 valence electrons. The number of anilines is 1. The van der Waals surface area contributed by atoms with E-state index in [9.17, 15) is 4.79 Å². The van der Waals surface area contributed by atoms with Gasteiger partial charge in [0, 0.05) is 31.4 Å². The molecule has 3 aromatic carbocycles. The zero-order chi connectivity index (χ0) is 31.7. The highest BCUT2D eigenvalue weighted by Gasteiger charge is 2.30. The van der Waals surface area contributed by atoms with Gasteiger partial charge in [0.05, 0.1) is 27.9 Å². The van der Waals surface area contributed by atoms with Gasteiger partial charge in [0.15, 0.2) is 11.5 Å². The molecule has 0 radical (unpaired) electrons. The fraction of sp³-hybridized carbons (Fsp3) is 0.472. The van der Waals surface area contributed by atoms with Crippen molar-refractivity contribution in [3.05, 3.63) is 66.2 Å². The van der Waals surface area contributed by atoms with E-state index in [0.29, 0.717) is 36.9 Å². The van der Waals surface area contributed by atoms with Crippen LogP contribution in [0.5, 0.6) is 23.0 Å². The number of nitrogens with zero attached hydrogens (tertiary/aromatic N) is 2. The van der Waals surface area contributed by atoms with E-state index in [2.05, 4.69) is 60.4 Å². The summed E-state index contributed by atoms with van der Waals surface area (Å²) in [7, 11) is 4.87. The van der Waals surface area contributed by atoms with Gasteiger partial charge >= 0.3 is 6.09 Å². The second-order valence-electron chi connectivity index (χ2n) is 12.1. The van der Waals surface area contributed by atoms with Crippen LogP contribution in [0.25, 0.3) is 11.1 Å². The van der Waals surface area contributed by atoms with Crippen LogP contribution in [-0.2, 0) is 11.3 Å². The van der Waals surface area contributed by atoms with E-state index in [4.69, 9.17) is 23.7 Å². The molecule has 1 saturated heterocycles. The first kappa shape index (κ1) is 32.8. The summed E-state index contributed by atoms with van der Waals surface area (Å²) >= 11 is 0. The largest absolute Gasteiger partial charge is 0.494 e. The summed E-state index contributed by atoms with van der Waals surface area (Å²) in [6.07, 6.45) is 3.59. The molecule has 0 unspecified atom stereocenters. The molecular formula is C36H48N2O6. The summed E-state index contributed by atoms with van der Waals surface area (Å²) < 4.78 is 28.3. The Bertz CT molecular complexity index is 1330. The maximum absolute atomic E-state index is 12.8. The molecule has 0 aromatic heterocycles. The lowest BCUT2D eigenvalue weighted by molar-refractivity contribution is 0.0204. The van der Waals surface area contributed by atoms with Gasteiger partial charge < -0.3 is 33.5 Å². The quantitative estimate of drug-likeness (QED) is 0.194. The van der Waals surface area contributed by atoms with Crippen LogP contribution in [0.1, 0.15) is 58.9 Å². The van der Waals surface area contributed by atoms with Crippen LogP contribution in [0, 0.1) is 0 Å². The van der Waals surface area contributed by atoms with E-state index in [1.807, 2.05) is 37.8 Å². The van der Waals surface area contributed by atoms with Crippen molar-refractivity contribution < 1.29 is 28.5 Å². The fourth-order valence-electron chi connectivity index (χ4n) is 5.48. The van der Waals surface area contributed by atoms with Gasteiger partial charge in [-0.2, -0.15) is 0 Å². The number of carbonyl (C=O) groups is 1. The molecule has 1 aliphatic rings. The van der Waals surface area contributed by atoms with Crippen molar-refractivity contribution >= 4 is 11.8 Å². The number of rotatable bonds is 12. The molecule has 1 amide bonds. The number of methoxy groups -OCH3 is 3. The molecule has 0 bridgehead atoms. The Morgan fingerprint density at radius 1 is 0.886 bits per heavy atom. The summed E-state index contributed by atoms with van der Waals surface area (Å²) in [6.45, 7) is 10.6. The second-order valence-corrected chi connectivity index (χ2v) is 12.1. The molecule has 0 aliphatic carbocycles. The van der Waals surface area contributed by atoms with Crippen molar-refractivity contribution in [1.29, 1.82) is 0 Å². The minimum atomic E-state index is -0.510. The number of unbranched alkanes of at least 4 members (excludes halogenated alkanes) is 1. The summed E-state index contributed by atoms with van der Waals surface area (Å²) in [5.41, 5.74) is 3.83. The second kappa shape index (κ2) is 15.1. The molecule has 4 rings (SSSR count). The Hall–Kier alpha value is -4.07. The third kappa shape index (κ3) is 8.52. The van der Waals surface area contributed by atoms with Gasteiger partial charge in [-0.15, -0.1) is 0 Å². The number of hydrogen-bond acceptors (Lipinski definition) is 7.